The molecule has 2 aliphatic carbocycles. The molecule has 3 aliphatic rings. The summed E-state index contributed by atoms with van der Waals surface area (Å²) < 4.78 is 0. The molecule has 0 saturated heterocycles. The third-order valence-corrected chi connectivity index (χ3v) is 7.19. The number of carboxylic acid groups (broad SMARTS) is 1. The maximum Gasteiger partial charge on any atom is 0.0736 e. The average molecular weight is 347 g/mol. The van der Waals surface area contributed by atoms with Gasteiger partial charge in [0.25, 0.3) is 0 Å². The van der Waals surface area contributed by atoms with Crippen LogP contribution in [0.5, 0.6) is 0 Å². The van der Waals surface area contributed by atoms with Gasteiger partial charge in [-0.2, -0.15) is 0 Å². The van der Waals surface area contributed by atoms with E-state index in [1.807, 2.05) is 6.07 Å². The predicted octanol–water partition coefficient (Wildman–Crippen LogP) is 4.06. The van der Waals surface area contributed by atoms with Crippen LogP contribution in [0.2, 0.25) is 5.02 Å². The molecule has 2 saturated carbocycles. The summed E-state index contributed by atoms with van der Waals surface area (Å²) in [6.45, 7) is 4.49. The van der Waals surface area contributed by atoms with Gasteiger partial charge in [-0.05, 0) is 66.5 Å². The number of anilines is 1. The molecule has 4 heteroatoms. The molecule has 1 aliphatic heterocycles. The Morgan fingerprint density at radius 1 is 1.29 bits per heavy atom. The van der Waals surface area contributed by atoms with Gasteiger partial charge < -0.3 is 15.2 Å². The van der Waals surface area contributed by atoms with Gasteiger partial charge in [0, 0.05) is 22.3 Å². The highest BCUT2D eigenvalue weighted by Crippen LogP contribution is 2.62. The van der Waals surface area contributed by atoms with E-state index in [2.05, 4.69) is 19.2 Å². The summed E-state index contributed by atoms with van der Waals surface area (Å²) in [5.41, 5.74) is 2.14. The minimum absolute atomic E-state index is 0.231. The number of hydrogen-bond donors (Lipinski definition) is 1. The monoisotopic (exact) mass is 346 g/mol. The van der Waals surface area contributed by atoms with E-state index in [0.717, 1.165) is 30.0 Å². The molecule has 0 unspecified atom stereocenters. The van der Waals surface area contributed by atoms with E-state index in [9.17, 15) is 9.90 Å². The Morgan fingerprint density at radius 3 is 2.67 bits per heavy atom. The second kappa shape index (κ2) is 5.94. The first-order valence-corrected chi connectivity index (χ1v) is 9.74. The molecule has 3 nitrogen and oxygen atoms in total. The van der Waals surface area contributed by atoms with Crippen molar-refractivity contribution in [3.63, 3.8) is 0 Å². The lowest BCUT2D eigenvalue weighted by molar-refractivity contribution is -0.254. The number of rotatable bonds is 4. The highest BCUT2D eigenvalue weighted by molar-refractivity contribution is 6.31. The molecular weight excluding hydrogens is 322 g/mol. The van der Waals surface area contributed by atoms with Crippen molar-refractivity contribution in [3.05, 3.63) is 28.3 Å². The predicted molar refractivity (Wildman–Crippen MR) is 94.3 cm³/mol. The van der Waals surface area contributed by atoms with Gasteiger partial charge in [-0.25, -0.2) is 0 Å². The number of carbonyl (C=O) groups excluding carboxylic acids is 1. The smallest absolute Gasteiger partial charge is 0.0736 e. The number of fused-ring (bicyclic) bond motifs is 7. The van der Waals surface area contributed by atoms with Crippen molar-refractivity contribution in [3.8, 4) is 0 Å². The average Bonchev–Trinajstić information content (AvgIpc) is 3.17. The summed E-state index contributed by atoms with van der Waals surface area (Å²) in [6, 6.07) is 3.91. The summed E-state index contributed by atoms with van der Waals surface area (Å²) in [6.07, 6.45) is 6.14. The summed E-state index contributed by atoms with van der Waals surface area (Å²) in [4.78, 5) is 11.7. The number of benzene rings is 1. The fourth-order valence-corrected chi connectivity index (χ4v) is 6.24. The van der Waals surface area contributed by atoms with Crippen LogP contribution in [0.1, 0.15) is 67.8 Å². The van der Waals surface area contributed by atoms with E-state index >= 15 is 0 Å². The molecule has 1 aromatic rings. The van der Waals surface area contributed by atoms with Crippen LogP contribution in [0.4, 0.5) is 5.69 Å². The summed E-state index contributed by atoms with van der Waals surface area (Å²) >= 11 is 6.25. The highest BCUT2D eigenvalue weighted by Gasteiger charge is 2.54. The Labute approximate surface area is 148 Å². The van der Waals surface area contributed by atoms with Gasteiger partial charge in [0.05, 0.1) is 5.97 Å². The quantitative estimate of drug-likeness (QED) is 0.894. The fraction of sp³-hybridized carbons (Fsp3) is 0.650. The largest absolute Gasteiger partial charge is 0.545 e. The zero-order valence-corrected chi connectivity index (χ0v) is 15.1. The van der Waals surface area contributed by atoms with Gasteiger partial charge in [0.2, 0.25) is 0 Å². The van der Waals surface area contributed by atoms with Crippen LogP contribution in [0.25, 0.3) is 0 Å². The second-order valence-electron chi connectivity index (χ2n) is 7.89. The number of hydrogen-bond acceptors (Lipinski definition) is 3. The first kappa shape index (κ1) is 16.3. The van der Waals surface area contributed by atoms with E-state index < -0.39 is 5.97 Å². The van der Waals surface area contributed by atoms with Crippen LogP contribution in [0.15, 0.2) is 12.1 Å². The van der Waals surface area contributed by atoms with Gasteiger partial charge in [0.15, 0.2) is 0 Å². The van der Waals surface area contributed by atoms with Gasteiger partial charge in [-0.3, -0.25) is 0 Å². The van der Waals surface area contributed by atoms with Crippen molar-refractivity contribution in [2.75, 3.05) is 5.32 Å². The lowest BCUT2D eigenvalue weighted by Gasteiger charge is -2.47. The number of carbonyl (C=O) groups is 1. The van der Waals surface area contributed by atoms with E-state index in [1.54, 1.807) is 6.07 Å². The standard InChI is InChI=1S/C20H26ClNO2/c1-3-10(4-2)18-17-12-6-5-11(7-12)16(17)14-8-13(21)9-15(20(23)24)19(14)22-18/h8-12,16-18,22H,3-7H2,1-2H3,(H,23,24)/p-1/t11-,12+,16+,17-,18-/m0/s1. The van der Waals surface area contributed by atoms with Crippen molar-refractivity contribution in [2.45, 2.75) is 57.9 Å². The Bertz CT molecular complexity index is 670. The first-order valence-electron chi connectivity index (χ1n) is 9.36. The fourth-order valence-electron chi connectivity index (χ4n) is 6.02. The molecule has 4 rings (SSSR count). The third kappa shape index (κ3) is 2.28. The van der Waals surface area contributed by atoms with Gasteiger partial charge >= 0.3 is 0 Å². The molecule has 0 amide bonds. The zero-order valence-electron chi connectivity index (χ0n) is 14.3. The summed E-state index contributed by atoms with van der Waals surface area (Å²) in [5.74, 6) is 1.99. The second-order valence-corrected chi connectivity index (χ2v) is 8.32. The zero-order chi connectivity index (χ0) is 17.0. The number of aromatic carboxylic acids is 1. The van der Waals surface area contributed by atoms with Gasteiger partial charge in [0.1, 0.15) is 0 Å². The van der Waals surface area contributed by atoms with Gasteiger partial charge in [-0.1, -0.05) is 38.3 Å². The first-order chi connectivity index (χ1) is 11.5. The van der Waals surface area contributed by atoms with Crippen LogP contribution in [-0.2, 0) is 0 Å². The SMILES string of the molecule is CCC(CC)[C@@H]1Nc2c(C(=O)[O-])cc(Cl)cc2[C@H]2[C@H]3CC[C@H](C3)[C@@H]21. The molecule has 2 bridgehead atoms. The molecule has 0 aromatic heterocycles. The minimum Gasteiger partial charge on any atom is -0.545 e. The van der Waals surface area contributed by atoms with Crippen LogP contribution >= 0.6 is 11.6 Å². The van der Waals surface area contributed by atoms with E-state index in [1.165, 1.54) is 19.3 Å². The Hall–Kier alpha value is -1.22. The molecule has 1 aromatic carbocycles. The van der Waals surface area contributed by atoms with Crippen molar-refractivity contribution < 1.29 is 9.90 Å². The molecule has 5 atom stereocenters. The summed E-state index contributed by atoms with van der Waals surface area (Å²) in [5, 5.41) is 15.8. The summed E-state index contributed by atoms with van der Waals surface area (Å²) in [7, 11) is 0. The minimum atomic E-state index is -1.13. The maximum atomic E-state index is 11.7. The van der Waals surface area contributed by atoms with Crippen molar-refractivity contribution in [1.29, 1.82) is 0 Å². The van der Waals surface area contributed by atoms with Crippen molar-refractivity contribution in [2.24, 2.45) is 23.7 Å². The molecule has 1 N–H and O–H groups in total. The van der Waals surface area contributed by atoms with E-state index in [-0.39, 0.29) is 5.56 Å². The lowest BCUT2D eigenvalue weighted by atomic mass is 9.65. The molecule has 2 fully saturated rings. The molecule has 1 heterocycles. The number of carboxylic acids is 1. The lowest BCUT2D eigenvalue weighted by Crippen LogP contribution is -2.46. The number of nitrogens with one attached hydrogen (secondary N) is 1. The maximum absolute atomic E-state index is 11.7. The van der Waals surface area contributed by atoms with Crippen LogP contribution in [0.3, 0.4) is 0 Å². The van der Waals surface area contributed by atoms with E-state index in [0.29, 0.717) is 34.7 Å². The van der Waals surface area contributed by atoms with E-state index in [4.69, 9.17) is 11.6 Å². The molecular formula is C20H25ClNO2-. The van der Waals surface area contributed by atoms with Crippen LogP contribution < -0.4 is 10.4 Å². The molecule has 0 radical (unpaired) electrons. The number of halogens is 1. The van der Waals surface area contributed by atoms with Gasteiger partial charge in [-0.15, -0.1) is 0 Å². The Morgan fingerprint density at radius 2 is 2.00 bits per heavy atom. The molecule has 130 valence electrons. The molecule has 0 spiro atoms. The normalized spacial score (nSPS) is 33.2. The topological polar surface area (TPSA) is 52.2 Å². The van der Waals surface area contributed by atoms with Crippen LogP contribution in [0, 0.1) is 23.7 Å². The Kier molecular flexibility index (Phi) is 4.03. The Balaban J connectivity index is 1.86. The third-order valence-electron chi connectivity index (χ3n) is 6.98. The van der Waals surface area contributed by atoms with Crippen molar-refractivity contribution >= 4 is 23.3 Å². The highest BCUT2D eigenvalue weighted by atomic mass is 35.5. The van der Waals surface area contributed by atoms with Crippen LogP contribution in [-0.4, -0.2) is 12.0 Å². The molecule has 24 heavy (non-hydrogen) atoms. The van der Waals surface area contributed by atoms with Crippen molar-refractivity contribution in [1.82, 2.24) is 0 Å².